The van der Waals surface area contributed by atoms with E-state index in [9.17, 15) is 4.39 Å². The minimum absolute atomic E-state index is 0.291. The van der Waals surface area contributed by atoms with E-state index in [0.717, 1.165) is 11.9 Å². The Labute approximate surface area is 99.4 Å². The van der Waals surface area contributed by atoms with Gasteiger partial charge in [0.15, 0.2) is 5.82 Å². The Kier molecular flexibility index (Phi) is 2.31. The molecule has 4 heteroatoms. The third-order valence-electron chi connectivity index (χ3n) is 3.57. The van der Waals surface area contributed by atoms with E-state index < -0.39 is 0 Å². The van der Waals surface area contributed by atoms with Crippen LogP contribution in [0.25, 0.3) is 11.0 Å². The number of hydrogen-bond acceptors (Lipinski definition) is 2. The number of benzene rings is 1. The number of para-hydroxylation sites is 1. The normalized spacial score (nSPS) is 23.2. The summed E-state index contributed by atoms with van der Waals surface area (Å²) >= 11 is 0. The molecule has 0 amide bonds. The molecule has 2 atom stereocenters. The number of anilines is 1. The van der Waals surface area contributed by atoms with Crippen LogP contribution in [0.3, 0.4) is 0 Å². The van der Waals surface area contributed by atoms with Crippen LogP contribution < -0.4 is 5.73 Å². The molecule has 0 spiro atoms. The Balaban J connectivity index is 2.05. The number of aromatic nitrogens is 2. The summed E-state index contributed by atoms with van der Waals surface area (Å²) < 4.78 is 15.6. The maximum atomic E-state index is 13.6. The first-order valence-electron chi connectivity index (χ1n) is 6.14. The van der Waals surface area contributed by atoms with Gasteiger partial charge in [0, 0.05) is 6.04 Å². The molecule has 1 aromatic heterocycles. The molecule has 1 aromatic carbocycles. The quantitative estimate of drug-likeness (QED) is 0.885. The van der Waals surface area contributed by atoms with E-state index in [1.165, 1.54) is 18.9 Å². The van der Waals surface area contributed by atoms with Gasteiger partial charge in [-0.25, -0.2) is 9.37 Å². The van der Waals surface area contributed by atoms with Crippen molar-refractivity contribution in [2.45, 2.75) is 32.2 Å². The van der Waals surface area contributed by atoms with Gasteiger partial charge in [-0.15, -0.1) is 0 Å². The fourth-order valence-electron chi connectivity index (χ4n) is 2.68. The highest BCUT2D eigenvalue weighted by atomic mass is 19.1. The molecular formula is C13H16FN3. The molecule has 0 radical (unpaired) electrons. The lowest BCUT2D eigenvalue weighted by molar-refractivity contribution is 0.621. The van der Waals surface area contributed by atoms with Crippen molar-refractivity contribution in [2.24, 2.45) is 5.92 Å². The van der Waals surface area contributed by atoms with Crippen molar-refractivity contribution >= 4 is 17.0 Å². The van der Waals surface area contributed by atoms with Gasteiger partial charge in [0.25, 0.3) is 0 Å². The molecule has 3 nitrogen and oxygen atoms in total. The SMILES string of the molecule is CCCC1CC1n1c(N)nc2c(F)cccc21. The summed E-state index contributed by atoms with van der Waals surface area (Å²) in [7, 11) is 0. The molecule has 1 aliphatic rings. The summed E-state index contributed by atoms with van der Waals surface area (Å²) in [5, 5.41) is 0. The van der Waals surface area contributed by atoms with Crippen molar-refractivity contribution in [3.8, 4) is 0 Å². The van der Waals surface area contributed by atoms with Crippen LogP contribution in [-0.4, -0.2) is 9.55 Å². The van der Waals surface area contributed by atoms with Gasteiger partial charge >= 0.3 is 0 Å². The summed E-state index contributed by atoms with van der Waals surface area (Å²) in [5.41, 5.74) is 7.13. The number of halogens is 1. The monoisotopic (exact) mass is 233 g/mol. The highest BCUT2D eigenvalue weighted by Gasteiger charge is 2.39. The van der Waals surface area contributed by atoms with Gasteiger partial charge in [-0.3, -0.25) is 0 Å². The average molecular weight is 233 g/mol. The van der Waals surface area contributed by atoms with Crippen LogP contribution in [0.1, 0.15) is 32.2 Å². The molecule has 1 saturated carbocycles. The predicted octanol–water partition coefficient (Wildman–Crippen LogP) is 3.12. The van der Waals surface area contributed by atoms with E-state index in [4.69, 9.17) is 5.73 Å². The van der Waals surface area contributed by atoms with E-state index in [-0.39, 0.29) is 5.82 Å². The zero-order valence-electron chi connectivity index (χ0n) is 9.86. The maximum Gasteiger partial charge on any atom is 0.201 e. The Hall–Kier alpha value is -1.58. The largest absolute Gasteiger partial charge is 0.369 e. The summed E-state index contributed by atoms with van der Waals surface area (Å²) in [5.74, 6) is 0.831. The van der Waals surface area contributed by atoms with Gasteiger partial charge < -0.3 is 10.3 Å². The van der Waals surface area contributed by atoms with Crippen LogP contribution in [0, 0.1) is 11.7 Å². The summed E-state index contributed by atoms with van der Waals surface area (Å²) in [4.78, 5) is 4.13. The lowest BCUT2D eigenvalue weighted by atomic mass is 10.2. The summed E-state index contributed by atoms with van der Waals surface area (Å²) in [6.45, 7) is 2.18. The first-order valence-corrected chi connectivity index (χ1v) is 6.14. The van der Waals surface area contributed by atoms with Gasteiger partial charge in [-0.1, -0.05) is 19.4 Å². The Morgan fingerprint density at radius 1 is 1.53 bits per heavy atom. The Morgan fingerprint density at radius 2 is 2.35 bits per heavy atom. The van der Waals surface area contributed by atoms with Crippen molar-refractivity contribution in [1.82, 2.24) is 9.55 Å². The van der Waals surface area contributed by atoms with E-state index in [1.54, 1.807) is 6.07 Å². The molecule has 1 heterocycles. The van der Waals surface area contributed by atoms with Gasteiger partial charge in [0.2, 0.25) is 5.95 Å². The standard InChI is InChI=1S/C13H16FN3/c1-2-4-8-7-11(8)17-10-6-3-5-9(14)12(10)16-13(17)15/h3,5-6,8,11H,2,4,7H2,1H3,(H2,15,16). The zero-order valence-corrected chi connectivity index (χ0v) is 9.86. The van der Waals surface area contributed by atoms with Crippen molar-refractivity contribution in [2.75, 3.05) is 5.73 Å². The fourth-order valence-corrected chi connectivity index (χ4v) is 2.68. The predicted molar refractivity (Wildman–Crippen MR) is 66.2 cm³/mol. The van der Waals surface area contributed by atoms with E-state index in [2.05, 4.69) is 11.9 Å². The fraction of sp³-hybridized carbons (Fsp3) is 0.462. The molecule has 0 saturated heterocycles. The van der Waals surface area contributed by atoms with Crippen LogP contribution in [0.2, 0.25) is 0 Å². The van der Waals surface area contributed by atoms with E-state index in [0.29, 0.717) is 23.4 Å². The average Bonchev–Trinajstić information content (AvgIpc) is 2.94. The third kappa shape index (κ3) is 1.59. The highest BCUT2D eigenvalue weighted by molar-refractivity contribution is 5.79. The van der Waals surface area contributed by atoms with Crippen molar-refractivity contribution in [3.63, 3.8) is 0 Å². The smallest absolute Gasteiger partial charge is 0.201 e. The number of hydrogen-bond donors (Lipinski definition) is 1. The lowest BCUT2D eigenvalue weighted by Crippen LogP contribution is -2.02. The van der Waals surface area contributed by atoms with Crippen LogP contribution in [0.4, 0.5) is 10.3 Å². The molecule has 1 fully saturated rings. The van der Waals surface area contributed by atoms with Crippen molar-refractivity contribution in [1.29, 1.82) is 0 Å². The maximum absolute atomic E-state index is 13.6. The van der Waals surface area contributed by atoms with Gasteiger partial charge in [-0.2, -0.15) is 0 Å². The number of nitrogens with zero attached hydrogens (tertiary/aromatic N) is 2. The third-order valence-corrected chi connectivity index (χ3v) is 3.57. The van der Waals surface area contributed by atoms with Gasteiger partial charge in [0.1, 0.15) is 5.52 Å². The molecule has 90 valence electrons. The number of nitrogen functional groups attached to an aromatic ring is 1. The first kappa shape index (κ1) is 10.6. The Morgan fingerprint density at radius 3 is 3.12 bits per heavy atom. The minimum Gasteiger partial charge on any atom is -0.369 e. The Bertz CT molecular complexity index is 561. The van der Waals surface area contributed by atoms with Crippen LogP contribution in [0.5, 0.6) is 0 Å². The van der Waals surface area contributed by atoms with Crippen molar-refractivity contribution < 1.29 is 4.39 Å². The molecule has 17 heavy (non-hydrogen) atoms. The van der Waals surface area contributed by atoms with E-state index >= 15 is 0 Å². The molecule has 1 aliphatic carbocycles. The second-order valence-corrected chi connectivity index (χ2v) is 4.80. The number of fused-ring (bicyclic) bond motifs is 1. The molecule has 2 aromatic rings. The molecular weight excluding hydrogens is 217 g/mol. The van der Waals surface area contributed by atoms with Crippen LogP contribution >= 0.6 is 0 Å². The minimum atomic E-state index is -0.291. The van der Waals surface area contributed by atoms with Crippen molar-refractivity contribution in [3.05, 3.63) is 24.0 Å². The number of imidazole rings is 1. The van der Waals surface area contributed by atoms with E-state index in [1.807, 2.05) is 10.6 Å². The molecule has 2 unspecified atom stereocenters. The molecule has 0 aliphatic heterocycles. The highest BCUT2D eigenvalue weighted by Crippen LogP contribution is 2.48. The van der Waals surface area contributed by atoms with Crippen LogP contribution in [-0.2, 0) is 0 Å². The van der Waals surface area contributed by atoms with Gasteiger partial charge in [0.05, 0.1) is 5.52 Å². The zero-order chi connectivity index (χ0) is 12.0. The molecule has 0 bridgehead atoms. The summed E-state index contributed by atoms with van der Waals surface area (Å²) in [6.07, 6.45) is 3.53. The second-order valence-electron chi connectivity index (χ2n) is 4.80. The number of nitrogens with two attached hydrogens (primary N) is 1. The lowest BCUT2D eigenvalue weighted by Gasteiger charge is -2.05. The topological polar surface area (TPSA) is 43.8 Å². The van der Waals surface area contributed by atoms with Crippen LogP contribution in [0.15, 0.2) is 18.2 Å². The number of rotatable bonds is 3. The molecule has 2 N–H and O–H groups in total. The molecule has 3 rings (SSSR count). The summed E-state index contributed by atoms with van der Waals surface area (Å²) in [6, 6.07) is 5.45. The van der Waals surface area contributed by atoms with Gasteiger partial charge in [-0.05, 0) is 30.9 Å². The first-order chi connectivity index (χ1) is 8.22. The second kappa shape index (κ2) is 3.72.